The molecule has 0 bridgehead atoms. The summed E-state index contributed by atoms with van der Waals surface area (Å²) in [5.41, 5.74) is 0. The summed E-state index contributed by atoms with van der Waals surface area (Å²) in [4.78, 5) is 11.5. The number of rotatable bonds is 4. The Hall–Kier alpha value is -0.610. The van der Waals surface area contributed by atoms with Crippen molar-refractivity contribution in [1.29, 1.82) is 0 Å². The fourth-order valence-corrected chi connectivity index (χ4v) is 1.74. The summed E-state index contributed by atoms with van der Waals surface area (Å²) in [6, 6.07) is 0.277. The SMILES string of the molecule is CC(C)CC(C)Nc1nc(Cl)nc(Cl)n1. The molecule has 0 aliphatic carbocycles. The van der Waals surface area contributed by atoms with E-state index in [0.29, 0.717) is 11.9 Å². The highest BCUT2D eigenvalue weighted by molar-refractivity contribution is 6.31. The van der Waals surface area contributed by atoms with Crippen LogP contribution in [0.25, 0.3) is 0 Å². The van der Waals surface area contributed by atoms with Crippen molar-refractivity contribution in [2.45, 2.75) is 33.2 Å². The maximum Gasteiger partial charge on any atom is 0.228 e. The third kappa shape index (κ3) is 4.62. The van der Waals surface area contributed by atoms with Gasteiger partial charge in [0.1, 0.15) is 0 Å². The van der Waals surface area contributed by atoms with E-state index in [1.54, 1.807) is 0 Å². The van der Waals surface area contributed by atoms with Crippen molar-refractivity contribution in [2.75, 3.05) is 5.32 Å². The van der Waals surface area contributed by atoms with Gasteiger partial charge in [-0.05, 0) is 42.5 Å². The normalized spacial score (nSPS) is 12.9. The van der Waals surface area contributed by atoms with Crippen LogP contribution in [0.1, 0.15) is 27.2 Å². The van der Waals surface area contributed by atoms with Gasteiger partial charge in [0.25, 0.3) is 0 Å². The summed E-state index contributed by atoms with van der Waals surface area (Å²) in [5, 5.41) is 3.34. The van der Waals surface area contributed by atoms with Crippen molar-refractivity contribution in [1.82, 2.24) is 15.0 Å². The minimum atomic E-state index is 0.106. The fraction of sp³-hybridized carbons (Fsp3) is 0.667. The second-order valence-corrected chi connectivity index (χ2v) is 4.55. The van der Waals surface area contributed by atoms with Crippen molar-refractivity contribution in [3.05, 3.63) is 10.6 Å². The van der Waals surface area contributed by atoms with E-state index >= 15 is 0 Å². The summed E-state index contributed by atoms with van der Waals surface area (Å²) >= 11 is 11.3. The van der Waals surface area contributed by atoms with Gasteiger partial charge in [0.15, 0.2) is 0 Å². The van der Waals surface area contributed by atoms with E-state index in [2.05, 4.69) is 41.0 Å². The molecule has 0 aromatic carbocycles. The topological polar surface area (TPSA) is 50.7 Å². The van der Waals surface area contributed by atoms with Gasteiger partial charge in [-0.15, -0.1) is 0 Å². The molecular weight excluding hydrogens is 235 g/mol. The molecule has 1 aromatic rings. The van der Waals surface area contributed by atoms with Crippen LogP contribution < -0.4 is 5.32 Å². The smallest absolute Gasteiger partial charge is 0.228 e. The predicted octanol–water partition coefficient (Wildman–Crippen LogP) is 3.02. The molecule has 0 saturated heterocycles. The zero-order valence-electron chi connectivity index (χ0n) is 8.96. The predicted molar refractivity (Wildman–Crippen MR) is 62.4 cm³/mol. The van der Waals surface area contributed by atoms with E-state index < -0.39 is 0 Å². The van der Waals surface area contributed by atoms with E-state index in [1.165, 1.54) is 0 Å². The average Bonchev–Trinajstić information content (AvgIpc) is 1.98. The van der Waals surface area contributed by atoms with Crippen LogP contribution in [0.5, 0.6) is 0 Å². The molecular formula is C9H14Cl2N4. The summed E-state index contributed by atoms with van der Waals surface area (Å²) in [7, 11) is 0. The molecule has 4 nitrogen and oxygen atoms in total. The molecule has 0 saturated carbocycles. The molecule has 0 amide bonds. The molecule has 1 rings (SSSR count). The second kappa shape index (κ2) is 5.47. The van der Waals surface area contributed by atoms with E-state index in [4.69, 9.17) is 23.2 Å². The van der Waals surface area contributed by atoms with Gasteiger partial charge in [-0.2, -0.15) is 15.0 Å². The Morgan fingerprint density at radius 3 is 2.07 bits per heavy atom. The molecule has 0 aliphatic rings. The lowest BCUT2D eigenvalue weighted by Crippen LogP contribution is -2.19. The molecule has 1 atom stereocenters. The quantitative estimate of drug-likeness (QED) is 0.891. The van der Waals surface area contributed by atoms with Crippen molar-refractivity contribution in [3.63, 3.8) is 0 Å². The van der Waals surface area contributed by atoms with Crippen LogP contribution in [0.15, 0.2) is 0 Å². The molecule has 1 heterocycles. The lowest BCUT2D eigenvalue weighted by Gasteiger charge is -2.15. The second-order valence-electron chi connectivity index (χ2n) is 3.87. The molecule has 0 aliphatic heterocycles. The fourth-order valence-electron chi connectivity index (χ4n) is 1.38. The molecule has 0 radical (unpaired) electrons. The molecule has 15 heavy (non-hydrogen) atoms. The molecule has 1 unspecified atom stereocenters. The minimum Gasteiger partial charge on any atom is -0.352 e. The molecule has 6 heteroatoms. The zero-order chi connectivity index (χ0) is 11.4. The number of hydrogen-bond donors (Lipinski definition) is 1. The summed E-state index contributed by atoms with van der Waals surface area (Å²) in [6.07, 6.45) is 1.03. The van der Waals surface area contributed by atoms with Crippen molar-refractivity contribution >= 4 is 29.2 Å². The van der Waals surface area contributed by atoms with Gasteiger partial charge in [0.05, 0.1) is 0 Å². The van der Waals surface area contributed by atoms with Gasteiger partial charge in [0.2, 0.25) is 16.5 Å². The van der Waals surface area contributed by atoms with Gasteiger partial charge in [-0.3, -0.25) is 0 Å². The van der Waals surface area contributed by atoms with Gasteiger partial charge >= 0.3 is 0 Å². The Morgan fingerprint density at radius 2 is 1.60 bits per heavy atom. The van der Waals surface area contributed by atoms with Crippen LogP contribution in [0, 0.1) is 5.92 Å². The van der Waals surface area contributed by atoms with E-state index in [0.717, 1.165) is 6.42 Å². The highest BCUT2D eigenvalue weighted by Crippen LogP contribution is 2.12. The van der Waals surface area contributed by atoms with E-state index in [9.17, 15) is 0 Å². The number of anilines is 1. The van der Waals surface area contributed by atoms with Gasteiger partial charge in [-0.25, -0.2) is 0 Å². The average molecular weight is 249 g/mol. The third-order valence-electron chi connectivity index (χ3n) is 1.78. The van der Waals surface area contributed by atoms with Gasteiger partial charge in [0, 0.05) is 6.04 Å². The Labute approximate surface area is 99.4 Å². The Balaban J connectivity index is 2.63. The van der Waals surface area contributed by atoms with Crippen LogP contribution in [0.2, 0.25) is 10.6 Å². The molecule has 1 aromatic heterocycles. The molecule has 1 N–H and O–H groups in total. The van der Waals surface area contributed by atoms with Crippen molar-refractivity contribution in [3.8, 4) is 0 Å². The number of nitrogens with zero attached hydrogens (tertiary/aromatic N) is 3. The lowest BCUT2D eigenvalue weighted by atomic mass is 10.1. The van der Waals surface area contributed by atoms with Gasteiger partial charge in [-0.1, -0.05) is 13.8 Å². The van der Waals surface area contributed by atoms with E-state index in [-0.39, 0.29) is 16.6 Å². The Bertz CT molecular complexity index is 310. The highest BCUT2D eigenvalue weighted by Gasteiger charge is 2.08. The summed E-state index contributed by atoms with van der Waals surface area (Å²) in [6.45, 7) is 6.38. The number of aromatic nitrogens is 3. The van der Waals surface area contributed by atoms with Crippen LogP contribution in [-0.2, 0) is 0 Å². The van der Waals surface area contributed by atoms with Gasteiger partial charge < -0.3 is 5.32 Å². The van der Waals surface area contributed by atoms with Crippen LogP contribution >= 0.6 is 23.2 Å². The monoisotopic (exact) mass is 248 g/mol. The first-order chi connectivity index (χ1) is 6.97. The molecule has 0 fully saturated rings. The lowest BCUT2D eigenvalue weighted by molar-refractivity contribution is 0.537. The summed E-state index contributed by atoms with van der Waals surface area (Å²) < 4.78 is 0. The Morgan fingerprint density at radius 1 is 1.07 bits per heavy atom. The maximum atomic E-state index is 5.65. The van der Waals surface area contributed by atoms with Crippen LogP contribution in [0.3, 0.4) is 0 Å². The maximum absolute atomic E-state index is 5.65. The Kier molecular flexibility index (Phi) is 4.54. The first-order valence-electron chi connectivity index (χ1n) is 4.81. The molecule has 84 valence electrons. The van der Waals surface area contributed by atoms with Crippen molar-refractivity contribution in [2.24, 2.45) is 5.92 Å². The molecule has 0 spiro atoms. The number of halogens is 2. The first-order valence-corrected chi connectivity index (χ1v) is 5.56. The standard InChI is InChI=1S/C9H14Cl2N4/c1-5(2)4-6(3)12-9-14-7(10)13-8(11)15-9/h5-6H,4H2,1-3H3,(H,12,13,14,15). The number of nitrogens with one attached hydrogen (secondary N) is 1. The summed E-state index contributed by atoms with van der Waals surface area (Å²) in [5.74, 6) is 1.04. The minimum absolute atomic E-state index is 0.106. The van der Waals surface area contributed by atoms with Crippen molar-refractivity contribution < 1.29 is 0 Å². The first kappa shape index (κ1) is 12.5. The van der Waals surface area contributed by atoms with E-state index in [1.807, 2.05) is 0 Å². The zero-order valence-corrected chi connectivity index (χ0v) is 10.5. The highest BCUT2D eigenvalue weighted by atomic mass is 35.5. The number of hydrogen-bond acceptors (Lipinski definition) is 4. The van der Waals surface area contributed by atoms with Crippen LogP contribution in [-0.4, -0.2) is 21.0 Å². The largest absolute Gasteiger partial charge is 0.352 e. The third-order valence-corrected chi connectivity index (χ3v) is 2.12. The van der Waals surface area contributed by atoms with Crippen LogP contribution in [0.4, 0.5) is 5.95 Å².